The number of hydrogen-bond acceptors (Lipinski definition) is 4. The zero-order valence-corrected chi connectivity index (χ0v) is 16.2. The SMILES string of the molecule is CN(C)c1ccc(C(F)(F)F)cc1NC(=O)CCN1C(=O)NC2(CCCC2)C1=O. The van der Waals surface area contributed by atoms with Gasteiger partial charge in [-0.3, -0.25) is 14.5 Å². The number of amides is 4. The maximum Gasteiger partial charge on any atom is 0.416 e. The Kier molecular flexibility index (Phi) is 5.46. The van der Waals surface area contributed by atoms with Gasteiger partial charge in [0.1, 0.15) is 5.54 Å². The van der Waals surface area contributed by atoms with Crippen molar-refractivity contribution >= 4 is 29.2 Å². The Morgan fingerprint density at radius 1 is 1.24 bits per heavy atom. The smallest absolute Gasteiger partial charge is 0.376 e. The van der Waals surface area contributed by atoms with Crippen LogP contribution in [0, 0.1) is 0 Å². The molecule has 4 amide bonds. The van der Waals surface area contributed by atoms with Gasteiger partial charge in [-0.2, -0.15) is 13.2 Å². The molecule has 1 aromatic carbocycles. The maximum atomic E-state index is 13.0. The van der Waals surface area contributed by atoms with E-state index < -0.39 is 29.2 Å². The van der Waals surface area contributed by atoms with Crippen LogP contribution in [0.5, 0.6) is 0 Å². The predicted octanol–water partition coefficient (Wildman–Crippen LogP) is 2.96. The molecule has 1 saturated heterocycles. The number of nitrogens with zero attached hydrogens (tertiary/aromatic N) is 2. The Bertz CT molecular complexity index is 832. The van der Waals surface area contributed by atoms with Crippen molar-refractivity contribution in [2.75, 3.05) is 30.9 Å². The summed E-state index contributed by atoms with van der Waals surface area (Å²) in [5.41, 5.74) is -1.31. The zero-order valence-electron chi connectivity index (χ0n) is 16.2. The van der Waals surface area contributed by atoms with Crippen molar-refractivity contribution in [3.8, 4) is 0 Å². The second kappa shape index (κ2) is 7.57. The Morgan fingerprint density at radius 2 is 1.90 bits per heavy atom. The fourth-order valence-corrected chi connectivity index (χ4v) is 3.83. The van der Waals surface area contributed by atoms with Crippen LogP contribution in [0.4, 0.5) is 29.3 Å². The lowest BCUT2D eigenvalue weighted by molar-refractivity contribution is -0.137. The van der Waals surface area contributed by atoms with E-state index in [4.69, 9.17) is 0 Å². The van der Waals surface area contributed by atoms with Gasteiger partial charge in [0.25, 0.3) is 5.91 Å². The third-order valence-corrected chi connectivity index (χ3v) is 5.35. The number of carbonyl (C=O) groups is 3. The van der Waals surface area contributed by atoms with Gasteiger partial charge < -0.3 is 15.5 Å². The molecule has 10 heteroatoms. The summed E-state index contributed by atoms with van der Waals surface area (Å²) in [6.45, 7) is -0.130. The topological polar surface area (TPSA) is 81.8 Å². The van der Waals surface area contributed by atoms with Gasteiger partial charge in [-0.05, 0) is 31.0 Å². The number of rotatable bonds is 5. The van der Waals surface area contributed by atoms with Gasteiger partial charge in [-0.15, -0.1) is 0 Å². The molecule has 2 fully saturated rings. The van der Waals surface area contributed by atoms with Crippen molar-refractivity contribution in [3.05, 3.63) is 23.8 Å². The standard InChI is InChI=1S/C19H23F3N4O3/c1-25(2)14-6-5-12(19(20,21)22)11-13(14)23-15(27)7-10-26-16(28)18(24-17(26)29)8-3-4-9-18/h5-6,11H,3-4,7-10H2,1-2H3,(H,23,27)(H,24,29). The molecule has 1 aromatic rings. The minimum Gasteiger partial charge on any atom is -0.376 e. The Labute approximate surface area is 166 Å². The zero-order chi connectivity index (χ0) is 21.4. The second-order valence-electron chi connectivity index (χ2n) is 7.60. The number of urea groups is 1. The number of halogens is 3. The van der Waals surface area contributed by atoms with Gasteiger partial charge >= 0.3 is 12.2 Å². The first-order valence-electron chi connectivity index (χ1n) is 9.36. The molecule has 1 heterocycles. The number of imide groups is 1. The van der Waals surface area contributed by atoms with Crippen molar-refractivity contribution in [2.24, 2.45) is 0 Å². The second-order valence-corrected chi connectivity index (χ2v) is 7.60. The van der Waals surface area contributed by atoms with Crippen LogP contribution in [0.1, 0.15) is 37.7 Å². The van der Waals surface area contributed by atoms with Crippen LogP contribution < -0.4 is 15.5 Å². The number of carbonyl (C=O) groups excluding carboxylic acids is 3. The number of hydrogen-bond donors (Lipinski definition) is 2. The third kappa shape index (κ3) is 4.15. The predicted molar refractivity (Wildman–Crippen MR) is 100 cm³/mol. The Morgan fingerprint density at radius 3 is 2.48 bits per heavy atom. The lowest BCUT2D eigenvalue weighted by atomic mass is 9.98. The molecule has 0 atom stereocenters. The van der Waals surface area contributed by atoms with Gasteiger partial charge in [0, 0.05) is 27.1 Å². The van der Waals surface area contributed by atoms with E-state index in [0.717, 1.165) is 29.9 Å². The summed E-state index contributed by atoms with van der Waals surface area (Å²) in [5.74, 6) is -0.916. The normalized spacial score (nSPS) is 18.3. The van der Waals surface area contributed by atoms with Crippen LogP contribution in [-0.4, -0.2) is 48.9 Å². The summed E-state index contributed by atoms with van der Waals surface area (Å²) in [6.07, 6.45) is -1.89. The lowest BCUT2D eigenvalue weighted by Gasteiger charge is -2.21. The van der Waals surface area contributed by atoms with E-state index in [0.29, 0.717) is 18.5 Å². The first-order valence-corrected chi connectivity index (χ1v) is 9.36. The minimum atomic E-state index is -4.54. The molecule has 0 aromatic heterocycles. The highest BCUT2D eigenvalue weighted by Gasteiger charge is 2.52. The van der Waals surface area contributed by atoms with E-state index in [-0.39, 0.29) is 24.6 Å². The van der Waals surface area contributed by atoms with Gasteiger partial charge in [0.15, 0.2) is 0 Å². The molecule has 3 rings (SSSR count). The molecule has 158 valence electrons. The summed E-state index contributed by atoms with van der Waals surface area (Å²) < 4.78 is 39.0. The van der Waals surface area contributed by atoms with Crippen LogP contribution >= 0.6 is 0 Å². The average Bonchev–Trinajstić information content (AvgIpc) is 3.18. The van der Waals surface area contributed by atoms with E-state index in [1.807, 2.05) is 0 Å². The molecule has 0 bridgehead atoms. The molecule has 29 heavy (non-hydrogen) atoms. The van der Waals surface area contributed by atoms with E-state index in [2.05, 4.69) is 10.6 Å². The summed E-state index contributed by atoms with van der Waals surface area (Å²) in [7, 11) is 3.29. The average molecular weight is 412 g/mol. The van der Waals surface area contributed by atoms with Crippen LogP contribution in [0.2, 0.25) is 0 Å². The van der Waals surface area contributed by atoms with Crippen LogP contribution in [-0.2, 0) is 15.8 Å². The van der Waals surface area contributed by atoms with Crippen molar-refractivity contribution in [1.82, 2.24) is 10.2 Å². The van der Waals surface area contributed by atoms with Crippen molar-refractivity contribution in [3.63, 3.8) is 0 Å². The highest BCUT2D eigenvalue weighted by Crippen LogP contribution is 2.36. The van der Waals surface area contributed by atoms with E-state index >= 15 is 0 Å². The first-order chi connectivity index (χ1) is 13.5. The third-order valence-electron chi connectivity index (χ3n) is 5.35. The van der Waals surface area contributed by atoms with Gasteiger partial charge in [-0.25, -0.2) is 4.79 Å². The highest BCUT2D eigenvalue weighted by molar-refractivity contribution is 6.07. The van der Waals surface area contributed by atoms with E-state index in [1.54, 1.807) is 19.0 Å². The molecular weight excluding hydrogens is 389 g/mol. The number of alkyl halides is 3. The van der Waals surface area contributed by atoms with Gasteiger partial charge in [0.05, 0.1) is 16.9 Å². The fraction of sp³-hybridized carbons (Fsp3) is 0.526. The molecule has 0 radical (unpaired) electrons. The summed E-state index contributed by atoms with van der Waals surface area (Å²) in [5, 5.41) is 5.19. The largest absolute Gasteiger partial charge is 0.416 e. The molecular formula is C19H23F3N4O3. The maximum absolute atomic E-state index is 13.0. The molecule has 2 aliphatic rings. The van der Waals surface area contributed by atoms with Crippen molar-refractivity contribution in [2.45, 2.75) is 43.8 Å². The number of nitrogens with one attached hydrogen (secondary N) is 2. The molecule has 0 unspecified atom stereocenters. The van der Waals surface area contributed by atoms with Gasteiger partial charge in [-0.1, -0.05) is 12.8 Å². The summed E-state index contributed by atoms with van der Waals surface area (Å²) in [6, 6.07) is 2.56. The number of benzene rings is 1. The van der Waals surface area contributed by atoms with Gasteiger partial charge in [0.2, 0.25) is 5.91 Å². The lowest BCUT2D eigenvalue weighted by Crippen LogP contribution is -2.44. The minimum absolute atomic E-state index is 0.0132. The molecule has 2 N–H and O–H groups in total. The quantitative estimate of drug-likeness (QED) is 0.729. The molecule has 1 aliphatic heterocycles. The van der Waals surface area contributed by atoms with E-state index in [1.165, 1.54) is 6.07 Å². The molecule has 1 aliphatic carbocycles. The highest BCUT2D eigenvalue weighted by atomic mass is 19.4. The molecule has 1 spiro atoms. The van der Waals surface area contributed by atoms with Crippen LogP contribution in [0.15, 0.2) is 18.2 Å². The monoisotopic (exact) mass is 412 g/mol. The number of anilines is 2. The van der Waals surface area contributed by atoms with E-state index in [9.17, 15) is 27.6 Å². The van der Waals surface area contributed by atoms with Crippen LogP contribution in [0.25, 0.3) is 0 Å². The fourth-order valence-electron chi connectivity index (χ4n) is 3.83. The molecule has 1 saturated carbocycles. The Hall–Kier alpha value is -2.78. The summed E-state index contributed by atoms with van der Waals surface area (Å²) in [4.78, 5) is 39.7. The van der Waals surface area contributed by atoms with Crippen molar-refractivity contribution in [1.29, 1.82) is 0 Å². The Balaban J connectivity index is 1.68. The first kappa shape index (κ1) is 20.9. The molecule has 7 nitrogen and oxygen atoms in total. The summed E-state index contributed by atoms with van der Waals surface area (Å²) >= 11 is 0. The van der Waals surface area contributed by atoms with Crippen molar-refractivity contribution < 1.29 is 27.6 Å². The van der Waals surface area contributed by atoms with Crippen LogP contribution in [0.3, 0.4) is 0 Å².